The molecular weight excluding hydrogens is 214 g/mol. The van der Waals surface area contributed by atoms with Crippen LogP contribution in [0.5, 0.6) is 0 Å². The molecule has 1 amide bonds. The number of anilines is 1. The highest BCUT2D eigenvalue weighted by molar-refractivity contribution is 5.90. The molecule has 2 heterocycles. The van der Waals surface area contributed by atoms with Gasteiger partial charge < -0.3 is 9.88 Å². The number of amides is 1. The number of aromatic nitrogens is 2. The van der Waals surface area contributed by atoms with Crippen molar-refractivity contribution in [3.05, 3.63) is 49.1 Å². The zero-order valence-electron chi connectivity index (χ0n) is 9.54. The third-order valence-electron chi connectivity index (χ3n) is 2.43. The van der Waals surface area contributed by atoms with Gasteiger partial charge in [-0.25, -0.2) is 0 Å². The van der Waals surface area contributed by atoms with Crippen LogP contribution >= 0.6 is 0 Å². The van der Waals surface area contributed by atoms with Gasteiger partial charge in [-0.1, -0.05) is 0 Å². The second-order valence-electron chi connectivity index (χ2n) is 3.81. The number of nitrogens with one attached hydrogen (secondary N) is 1. The lowest BCUT2D eigenvalue weighted by molar-refractivity contribution is -0.116. The molecular formula is C13H15N3O. The Bertz CT molecular complexity index is 451. The molecule has 0 aliphatic rings. The number of pyridine rings is 1. The summed E-state index contributed by atoms with van der Waals surface area (Å²) in [5.41, 5.74) is 0.749. The van der Waals surface area contributed by atoms with Crippen molar-refractivity contribution in [2.75, 3.05) is 5.32 Å². The first-order valence-electron chi connectivity index (χ1n) is 5.65. The molecule has 2 aromatic heterocycles. The molecule has 0 atom stereocenters. The van der Waals surface area contributed by atoms with E-state index >= 15 is 0 Å². The normalized spacial score (nSPS) is 10.1. The molecule has 0 unspecified atom stereocenters. The Kier molecular flexibility index (Phi) is 3.91. The van der Waals surface area contributed by atoms with Crippen molar-refractivity contribution in [3.8, 4) is 0 Å². The van der Waals surface area contributed by atoms with Crippen LogP contribution in [-0.2, 0) is 11.3 Å². The van der Waals surface area contributed by atoms with Crippen LogP contribution in [0.3, 0.4) is 0 Å². The first-order chi connectivity index (χ1) is 8.34. The first-order valence-corrected chi connectivity index (χ1v) is 5.65. The number of nitrogens with zero attached hydrogens (tertiary/aromatic N) is 2. The van der Waals surface area contributed by atoms with Gasteiger partial charge in [-0.05, 0) is 30.7 Å². The zero-order chi connectivity index (χ0) is 11.9. The Balaban J connectivity index is 1.71. The minimum Gasteiger partial charge on any atom is -0.354 e. The van der Waals surface area contributed by atoms with Crippen LogP contribution in [0.4, 0.5) is 5.69 Å². The average molecular weight is 229 g/mol. The summed E-state index contributed by atoms with van der Waals surface area (Å²) >= 11 is 0. The summed E-state index contributed by atoms with van der Waals surface area (Å²) in [5.74, 6) is 0.0326. The van der Waals surface area contributed by atoms with Gasteiger partial charge in [0.1, 0.15) is 0 Å². The Morgan fingerprint density at radius 3 is 2.82 bits per heavy atom. The van der Waals surface area contributed by atoms with Crippen LogP contribution < -0.4 is 5.32 Å². The zero-order valence-corrected chi connectivity index (χ0v) is 9.54. The fourth-order valence-electron chi connectivity index (χ4n) is 1.60. The van der Waals surface area contributed by atoms with Crippen molar-refractivity contribution in [1.82, 2.24) is 9.55 Å². The Labute approximate surface area is 100 Å². The highest BCUT2D eigenvalue weighted by atomic mass is 16.1. The maximum atomic E-state index is 11.6. The molecule has 2 aromatic rings. The molecule has 0 fully saturated rings. The molecule has 0 aliphatic heterocycles. The summed E-state index contributed by atoms with van der Waals surface area (Å²) in [6.45, 7) is 0.869. The summed E-state index contributed by atoms with van der Waals surface area (Å²) in [6, 6.07) is 7.59. The van der Waals surface area contributed by atoms with E-state index in [9.17, 15) is 4.79 Å². The molecule has 0 saturated carbocycles. The van der Waals surface area contributed by atoms with E-state index in [0.29, 0.717) is 6.42 Å². The molecule has 0 saturated heterocycles. The molecule has 1 N–H and O–H groups in total. The van der Waals surface area contributed by atoms with Crippen LogP contribution in [-0.4, -0.2) is 15.5 Å². The predicted octanol–water partition coefficient (Wildman–Crippen LogP) is 2.30. The van der Waals surface area contributed by atoms with Gasteiger partial charge in [0, 0.05) is 31.6 Å². The van der Waals surface area contributed by atoms with E-state index < -0.39 is 0 Å². The highest BCUT2D eigenvalue weighted by Crippen LogP contribution is 2.04. The minimum absolute atomic E-state index is 0.0326. The molecule has 88 valence electrons. The first kappa shape index (κ1) is 11.4. The van der Waals surface area contributed by atoms with Crippen molar-refractivity contribution in [1.29, 1.82) is 0 Å². The Morgan fingerprint density at radius 2 is 2.12 bits per heavy atom. The van der Waals surface area contributed by atoms with Gasteiger partial charge in [-0.3, -0.25) is 9.78 Å². The summed E-state index contributed by atoms with van der Waals surface area (Å²) in [6.07, 6.45) is 8.68. The van der Waals surface area contributed by atoms with E-state index in [1.807, 2.05) is 30.6 Å². The number of hydrogen-bond acceptors (Lipinski definition) is 2. The second kappa shape index (κ2) is 5.84. The van der Waals surface area contributed by atoms with Gasteiger partial charge in [0.25, 0.3) is 0 Å². The van der Waals surface area contributed by atoms with Gasteiger partial charge in [-0.15, -0.1) is 0 Å². The molecule has 0 aliphatic carbocycles. The fraction of sp³-hybridized carbons (Fsp3) is 0.231. The van der Waals surface area contributed by atoms with E-state index in [4.69, 9.17) is 0 Å². The summed E-state index contributed by atoms with van der Waals surface area (Å²) in [5, 5.41) is 2.81. The lowest BCUT2D eigenvalue weighted by atomic mass is 10.3. The lowest BCUT2D eigenvalue weighted by Crippen LogP contribution is -2.12. The van der Waals surface area contributed by atoms with Crippen molar-refractivity contribution in [3.63, 3.8) is 0 Å². The van der Waals surface area contributed by atoms with Crippen LogP contribution in [0.15, 0.2) is 49.1 Å². The van der Waals surface area contributed by atoms with E-state index in [2.05, 4.69) is 14.9 Å². The van der Waals surface area contributed by atoms with Gasteiger partial charge in [0.15, 0.2) is 0 Å². The Morgan fingerprint density at radius 1 is 1.29 bits per heavy atom. The second-order valence-corrected chi connectivity index (χ2v) is 3.81. The van der Waals surface area contributed by atoms with Crippen LogP contribution in [0.25, 0.3) is 0 Å². The molecule has 0 bridgehead atoms. The van der Waals surface area contributed by atoms with Crippen molar-refractivity contribution >= 4 is 11.6 Å². The quantitative estimate of drug-likeness (QED) is 0.855. The van der Waals surface area contributed by atoms with Crippen LogP contribution in [0.2, 0.25) is 0 Å². The van der Waals surface area contributed by atoms with Gasteiger partial charge in [-0.2, -0.15) is 0 Å². The average Bonchev–Trinajstić information content (AvgIpc) is 2.83. The monoisotopic (exact) mass is 229 g/mol. The third kappa shape index (κ3) is 3.75. The van der Waals surface area contributed by atoms with Crippen molar-refractivity contribution < 1.29 is 4.79 Å². The standard InChI is InChI=1S/C13H15N3O/c17-13(15-12-5-3-7-14-11-12)6-4-10-16-8-1-2-9-16/h1-3,5,7-9,11H,4,6,10H2,(H,15,17). The largest absolute Gasteiger partial charge is 0.354 e. The van der Waals surface area contributed by atoms with E-state index in [1.165, 1.54) is 0 Å². The molecule has 17 heavy (non-hydrogen) atoms. The SMILES string of the molecule is O=C(CCCn1cccc1)Nc1cccnc1. The summed E-state index contributed by atoms with van der Waals surface area (Å²) < 4.78 is 2.07. The number of rotatable bonds is 5. The molecule has 0 spiro atoms. The Hall–Kier alpha value is -2.10. The maximum absolute atomic E-state index is 11.6. The van der Waals surface area contributed by atoms with Gasteiger partial charge in [0.05, 0.1) is 11.9 Å². The van der Waals surface area contributed by atoms with Gasteiger partial charge >= 0.3 is 0 Å². The topological polar surface area (TPSA) is 46.9 Å². The van der Waals surface area contributed by atoms with E-state index in [0.717, 1.165) is 18.7 Å². The van der Waals surface area contributed by atoms with E-state index in [1.54, 1.807) is 18.5 Å². The van der Waals surface area contributed by atoms with Gasteiger partial charge in [0.2, 0.25) is 5.91 Å². The molecule has 4 heteroatoms. The number of aryl methyl sites for hydroxylation is 1. The fourth-order valence-corrected chi connectivity index (χ4v) is 1.60. The molecule has 0 aromatic carbocycles. The minimum atomic E-state index is 0.0326. The third-order valence-corrected chi connectivity index (χ3v) is 2.43. The molecule has 2 rings (SSSR count). The number of carbonyl (C=O) groups is 1. The summed E-state index contributed by atoms with van der Waals surface area (Å²) in [4.78, 5) is 15.5. The summed E-state index contributed by atoms with van der Waals surface area (Å²) in [7, 11) is 0. The van der Waals surface area contributed by atoms with Crippen LogP contribution in [0, 0.1) is 0 Å². The molecule has 0 radical (unpaired) electrons. The highest BCUT2D eigenvalue weighted by Gasteiger charge is 2.01. The molecule has 4 nitrogen and oxygen atoms in total. The van der Waals surface area contributed by atoms with Crippen molar-refractivity contribution in [2.24, 2.45) is 0 Å². The maximum Gasteiger partial charge on any atom is 0.224 e. The predicted molar refractivity (Wildman–Crippen MR) is 66.5 cm³/mol. The van der Waals surface area contributed by atoms with E-state index in [-0.39, 0.29) is 5.91 Å². The number of carbonyl (C=O) groups excluding carboxylic acids is 1. The number of hydrogen-bond donors (Lipinski definition) is 1. The van der Waals surface area contributed by atoms with Crippen molar-refractivity contribution in [2.45, 2.75) is 19.4 Å². The lowest BCUT2D eigenvalue weighted by Gasteiger charge is -2.05. The van der Waals surface area contributed by atoms with Crippen LogP contribution in [0.1, 0.15) is 12.8 Å². The smallest absolute Gasteiger partial charge is 0.224 e.